The highest BCUT2D eigenvalue weighted by Crippen LogP contribution is 2.34. The van der Waals surface area contributed by atoms with Crippen LogP contribution in [-0.2, 0) is 0 Å². The van der Waals surface area contributed by atoms with Gasteiger partial charge in [-0.2, -0.15) is 0 Å². The molecule has 0 aromatic heterocycles. The summed E-state index contributed by atoms with van der Waals surface area (Å²) in [6, 6.07) is 23.4. The minimum absolute atomic E-state index is 0.499. The van der Waals surface area contributed by atoms with E-state index in [9.17, 15) is 0 Å². The second-order valence-electron chi connectivity index (χ2n) is 5.33. The van der Waals surface area contributed by atoms with Crippen LogP contribution in [0.3, 0.4) is 0 Å². The monoisotopic (exact) mass is 400 g/mol. The molecular weight excluding hydrogens is 384 g/mol. The van der Waals surface area contributed by atoms with Crippen LogP contribution in [0.5, 0.6) is 5.75 Å². The van der Waals surface area contributed by atoms with Gasteiger partial charge in [-0.1, -0.05) is 47.6 Å². The molecule has 3 nitrogen and oxygen atoms in total. The summed E-state index contributed by atoms with van der Waals surface area (Å²) in [7, 11) is 1.63. The maximum absolute atomic E-state index is 5.96. The molecule has 0 amide bonds. The third kappa shape index (κ3) is 4.91. The molecule has 0 unspecified atom stereocenters. The molecule has 3 aromatic carbocycles. The first kappa shape index (κ1) is 18.6. The van der Waals surface area contributed by atoms with Gasteiger partial charge in [0.15, 0.2) is 5.11 Å². The molecule has 0 aliphatic heterocycles. The number of ether oxygens (including phenoxy) is 1. The lowest BCUT2D eigenvalue weighted by atomic mass is 10.3. The number of thiocarbonyl (C=S) groups is 1. The lowest BCUT2D eigenvalue weighted by molar-refractivity contribution is 0.417. The fourth-order valence-corrected chi connectivity index (χ4v) is 3.56. The Hall–Kier alpha value is -2.21. The van der Waals surface area contributed by atoms with Crippen LogP contribution < -0.4 is 15.4 Å². The number of benzene rings is 3. The van der Waals surface area contributed by atoms with Gasteiger partial charge in [-0.25, -0.2) is 0 Å². The van der Waals surface area contributed by atoms with Crippen molar-refractivity contribution in [1.82, 2.24) is 0 Å². The number of rotatable bonds is 5. The fraction of sp³-hybridized carbons (Fsp3) is 0.0500. The van der Waals surface area contributed by atoms with Crippen LogP contribution in [0.1, 0.15) is 0 Å². The van der Waals surface area contributed by atoms with E-state index in [1.54, 1.807) is 18.9 Å². The number of nitrogens with one attached hydrogen (secondary N) is 2. The Balaban J connectivity index is 1.73. The van der Waals surface area contributed by atoms with Gasteiger partial charge in [0.25, 0.3) is 0 Å². The molecule has 132 valence electrons. The van der Waals surface area contributed by atoms with Crippen molar-refractivity contribution in [2.45, 2.75) is 9.79 Å². The molecule has 0 bridgehead atoms. The summed E-state index contributed by atoms with van der Waals surface area (Å²) >= 11 is 13.1. The molecule has 0 saturated heterocycles. The number of para-hydroxylation sites is 3. The van der Waals surface area contributed by atoms with E-state index in [4.69, 9.17) is 28.6 Å². The molecule has 3 rings (SSSR count). The van der Waals surface area contributed by atoms with Crippen molar-refractivity contribution in [2.24, 2.45) is 0 Å². The van der Waals surface area contributed by atoms with Crippen LogP contribution in [0.15, 0.2) is 82.6 Å². The number of hydrogen-bond donors (Lipinski definition) is 2. The topological polar surface area (TPSA) is 33.3 Å². The molecule has 26 heavy (non-hydrogen) atoms. The second-order valence-corrected chi connectivity index (χ2v) is 7.29. The first-order chi connectivity index (χ1) is 12.7. The van der Waals surface area contributed by atoms with Crippen molar-refractivity contribution in [2.75, 3.05) is 17.7 Å². The van der Waals surface area contributed by atoms with Gasteiger partial charge in [-0.15, -0.1) is 0 Å². The number of anilines is 2. The molecular formula is C20H17ClN2OS2. The number of methoxy groups -OCH3 is 1. The highest BCUT2D eigenvalue weighted by molar-refractivity contribution is 7.99. The van der Waals surface area contributed by atoms with E-state index >= 15 is 0 Å². The Morgan fingerprint density at radius 1 is 0.885 bits per heavy atom. The highest BCUT2D eigenvalue weighted by Gasteiger charge is 2.08. The van der Waals surface area contributed by atoms with Gasteiger partial charge in [0.05, 0.1) is 18.5 Å². The molecule has 0 spiro atoms. The highest BCUT2D eigenvalue weighted by atomic mass is 35.5. The van der Waals surface area contributed by atoms with E-state index in [1.165, 1.54) is 0 Å². The average molecular weight is 401 g/mol. The number of halogens is 1. The smallest absolute Gasteiger partial charge is 0.175 e. The molecule has 0 heterocycles. The second kappa shape index (κ2) is 8.94. The molecule has 0 saturated carbocycles. The molecule has 0 fully saturated rings. The Morgan fingerprint density at radius 2 is 1.50 bits per heavy atom. The minimum atomic E-state index is 0.499. The van der Waals surface area contributed by atoms with E-state index in [0.717, 1.165) is 31.9 Å². The summed E-state index contributed by atoms with van der Waals surface area (Å²) in [5.41, 5.74) is 1.75. The Labute approximate surface area is 167 Å². The first-order valence-electron chi connectivity index (χ1n) is 7.89. The van der Waals surface area contributed by atoms with Gasteiger partial charge in [0.1, 0.15) is 5.75 Å². The summed E-state index contributed by atoms with van der Waals surface area (Å²) in [6.07, 6.45) is 0. The van der Waals surface area contributed by atoms with Crippen LogP contribution in [0, 0.1) is 0 Å². The van der Waals surface area contributed by atoms with Crippen molar-refractivity contribution in [3.8, 4) is 5.75 Å². The van der Waals surface area contributed by atoms with E-state index in [1.807, 2.05) is 72.8 Å². The van der Waals surface area contributed by atoms with Crippen molar-refractivity contribution in [3.05, 3.63) is 77.8 Å². The van der Waals surface area contributed by atoms with Crippen LogP contribution in [0.25, 0.3) is 0 Å². The number of hydrogen-bond acceptors (Lipinski definition) is 3. The zero-order valence-electron chi connectivity index (χ0n) is 14.0. The predicted octanol–water partition coefficient (Wildman–Crippen LogP) is 6.31. The summed E-state index contributed by atoms with van der Waals surface area (Å²) in [5.74, 6) is 0.737. The largest absolute Gasteiger partial charge is 0.495 e. The quantitative estimate of drug-likeness (QED) is 0.490. The molecule has 2 N–H and O–H groups in total. The van der Waals surface area contributed by atoms with Crippen LogP contribution in [0.2, 0.25) is 5.02 Å². The molecule has 0 aliphatic rings. The van der Waals surface area contributed by atoms with E-state index in [2.05, 4.69) is 10.6 Å². The third-order valence-electron chi connectivity index (χ3n) is 3.53. The fourth-order valence-electron chi connectivity index (χ4n) is 2.31. The van der Waals surface area contributed by atoms with Gasteiger partial charge in [-0.3, -0.25) is 0 Å². The van der Waals surface area contributed by atoms with Crippen molar-refractivity contribution in [3.63, 3.8) is 0 Å². The zero-order chi connectivity index (χ0) is 18.4. The normalized spacial score (nSPS) is 10.2. The van der Waals surface area contributed by atoms with E-state index in [0.29, 0.717) is 5.11 Å². The van der Waals surface area contributed by atoms with Crippen LogP contribution in [0.4, 0.5) is 11.4 Å². The zero-order valence-corrected chi connectivity index (χ0v) is 16.4. The summed E-state index contributed by atoms with van der Waals surface area (Å²) in [5, 5.41) is 7.66. The average Bonchev–Trinajstić information content (AvgIpc) is 2.65. The molecule has 0 radical (unpaired) electrons. The van der Waals surface area contributed by atoms with Gasteiger partial charge in [0.2, 0.25) is 0 Å². The molecule has 0 aliphatic carbocycles. The Bertz CT molecular complexity index is 900. The van der Waals surface area contributed by atoms with Crippen LogP contribution in [-0.4, -0.2) is 12.2 Å². The molecule has 0 atom stereocenters. The van der Waals surface area contributed by atoms with Crippen molar-refractivity contribution >= 4 is 52.1 Å². The Kier molecular flexibility index (Phi) is 6.39. The minimum Gasteiger partial charge on any atom is -0.495 e. The maximum Gasteiger partial charge on any atom is 0.175 e. The van der Waals surface area contributed by atoms with Crippen LogP contribution >= 0.6 is 35.6 Å². The van der Waals surface area contributed by atoms with Gasteiger partial charge in [0, 0.05) is 14.8 Å². The van der Waals surface area contributed by atoms with Gasteiger partial charge >= 0.3 is 0 Å². The Morgan fingerprint density at radius 3 is 2.23 bits per heavy atom. The van der Waals surface area contributed by atoms with Crippen molar-refractivity contribution < 1.29 is 4.74 Å². The lowest BCUT2D eigenvalue weighted by Gasteiger charge is -2.15. The SMILES string of the molecule is COc1ccccc1NC(=S)Nc1ccccc1Sc1ccc(Cl)cc1. The molecule has 3 aromatic rings. The predicted molar refractivity (Wildman–Crippen MR) is 115 cm³/mol. The first-order valence-corrected chi connectivity index (χ1v) is 9.49. The maximum atomic E-state index is 5.96. The van der Waals surface area contributed by atoms with E-state index < -0.39 is 0 Å². The summed E-state index contributed by atoms with van der Waals surface area (Å²) in [6.45, 7) is 0. The van der Waals surface area contributed by atoms with Gasteiger partial charge in [-0.05, 0) is 60.7 Å². The summed E-state index contributed by atoms with van der Waals surface area (Å²) in [4.78, 5) is 2.17. The molecule has 6 heteroatoms. The standard InChI is InChI=1S/C20H17ClN2OS2/c1-24-18-8-4-2-6-16(18)22-20(25)23-17-7-3-5-9-19(17)26-15-12-10-14(21)11-13-15/h2-13H,1H3,(H2,22,23,25). The van der Waals surface area contributed by atoms with Crippen molar-refractivity contribution in [1.29, 1.82) is 0 Å². The summed E-state index contributed by atoms with van der Waals surface area (Å²) < 4.78 is 5.34. The van der Waals surface area contributed by atoms with Gasteiger partial charge < -0.3 is 15.4 Å². The van der Waals surface area contributed by atoms with E-state index in [-0.39, 0.29) is 0 Å². The lowest BCUT2D eigenvalue weighted by Crippen LogP contribution is -2.19. The third-order valence-corrected chi connectivity index (χ3v) is 5.07.